The van der Waals surface area contributed by atoms with Gasteiger partial charge in [0.2, 0.25) is 0 Å². The van der Waals surface area contributed by atoms with E-state index >= 15 is 0 Å². The third kappa shape index (κ3) is 2.75. The Kier molecular flexibility index (Phi) is 3.77. The van der Waals surface area contributed by atoms with Crippen molar-refractivity contribution >= 4 is 12.2 Å². The lowest BCUT2D eigenvalue weighted by molar-refractivity contribution is 1.42. The first kappa shape index (κ1) is 9.53. The highest BCUT2D eigenvalue weighted by molar-refractivity contribution is 5.64. The molecular formula is C13H14. The van der Waals surface area contributed by atoms with Crippen molar-refractivity contribution in [3.63, 3.8) is 0 Å². The summed E-state index contributed by atoms with van der Waals surface area (Å²) in [5.41, 5.74) is 2.38. The zero-order chi connectivity index (χ0) is 9.52. The van der Waals surface area contributed by atoms with E-state index < -0.39 is 0 Å². The molecule has 0 heteroatoms. The van der Waals surface area contributed by atoms with Gasteiger partial charge >= 0.3 is 0 Å². The molecule has 0 saturated heterocycles. The van der Waals surface area contributed by atoms with Crippen molar-refractivity contribution in [1.82, 2.24) is 0 Å². The van der Waals surface area contributed by atoms with Crippen LogP contribution in [0.3, 0.4) is 0 Å². The standard InChI is InChI=1S/C13H14/c1-3-5-6-10-13-11-8-7-9-12(13)4-2/h3-4,6-11H,1-2,5H2/b10-6-. The van der Waals surface area contributed by atoms with Crippen LogP contribution in [0.15, 0.2) is 49.6 Å². The van der Waals surface area contributed by atoms with Crippen LogP contribution in [0.5, 0.6) is 0 Å². The summed E-state index contributed by atoms with van der Waals surface area (Å²) in [6, 6.07) is 8.18. The van der Waals surface area contributed by atoms with Gasteiger partial charge in [0, 0.05) is 0 Å². The summed E-state index contributed by atoms with van der Waals surface area (Å²) in [6.45, 7) is 7.43. The van der Waals surface area contributed by atoms with Gasteiger partial charge in [0.25, 0.3) is 0 Å². The summed E-state index contributed by atoms with van der Waals surface area (Å²) in [6.07, 6.45) is 8.85. The lowest BCUT2D eigenvalue weighted by Crippen LogP contribution is -1.77. The van der Waals surface area contributed by atoms with E-state index in [9.17, 15) is 0 Å². The largest absolute Gasteiger partial charge is 0.103 e. The Bertz CT molecular complexity index is 319. The number of hydrogen-bond acceptors (Lipinski definition) is 0. The van der Waals surface area contributed by atoms with Crippen molar-refractivity contribution in [3.05, 3.63) is 60.7 Å². The number of hydrogen-bond donors (Lipinski definition) is 0. The van der Waals surface area contributed by atoms with Crippen LogP contribution in [0.1, 0.15) is 17.5 Å². The molecule has 0 aliphatic heterocycles. The minimum absolute atomic E-state index is 0.908. The van der Waals surface area contributed by atoms with Gasteiger partial charge in [0.15, 0.2) is 0 Å². The summed E-state index contributed by atoms with van der Waals surface area (Å²) < 4.78 is 0. The van der Waals surface area contributed by atoms with Crippen molar-refractivity contribution in [2.24, 2.45) is 0 Å². The maximum atomic E-state index is 3.77. The van der Waals surface area contributed by atoms with Crippen molar-refractivity contribution in [2.75, 3.05) is 0 Å². The van der Waals surface area contributed by atoms with E-state index in [0.29, 0.717) is 0 Å². The zero-order valence-electron chi connectivity index (χ0n) is 7.74. The molecule has 0 saturated carbocycles. The molecule has 0 aliphatic carbocycles. The van der Waals surface area contributed by atoms with Gasteiger partial charge in [-0.25, -0.2) is 0 Å². The summed E-state index contributed by atoms with van der Waals surface area (Å²) >= 11 is 0. The molecule has 0 aliphatic rings. The maximum Gasteiger partial charge on any atom is -0.0169 e. The average molecular weight is 170 g/mol. The molecule has 0 unspecified atom stereocenters. The highest BCUT2D eigenvalue weighted by Crippen LogP contribution is 2.11. The number of benzene rings is 1. The normalized spacial score (nSPS) is 10.2. The number of rotatable bonds is 4. The molecular weight excluding hydrogens is 156 g/mol. The molecule has 0 heterocycles. The highest BCUT2D eigenvalue weighted by Gasteiger charge is 1.91. The Hall–Kier alpha value is -1.56. The van der Waals surface area contributed by atoms with E-state index in [-0.39, 0.29) is 0 Å². The van der Waals surface area contributed by atoms with Gasteiger partial charge in [-0.05, 0) is 17.5 Å². The van der Waals surface area contributed by atoms with E-state index in [0.717, 1.165) is 6.42 Å². The Morgan fingerprint density at radius 2 is 1.77 bits per heavy atom. The first-order chi connectivity index (χ1) is 6.38. The summed E-state index contributed by atoms with van der Waals surface area (Å²) in [5, 5.41) is 0. The van der Waals surface area contributed by atoms with E-state index in [2.05, 4.69) is 37.4 Å². The molecule has 0 aromatic heterocycles. The molecule has 0 fully saturated rings. The van der Waals surface area contributed by atoms with Gasteiger partial charge in [-0.3, -0.25) is 0 Å². The van der Waals surface area contributed by atoms with Crippen LogP contribution < -0.4 is 0 Å². The molecule has 0 N–H and O–H groups in total. The summed E-state index contributed by atoms with van der Waals surface area (Å²) in [7, 11) is 0. The first-order valence-corrected chi connectivity index (χ1v) is 4.37. The third-order valence-electron chi connectivity index (χ3n) is 1.82. The second kappa shape index (κ2) is 5.15. The Morgan fingerprint density at radius 3 is 2.38 bits per heavy atom. The fourth-order valence-corrected chi connectivity index (χ4v) is 1.14. The van der Waals surface area contributed by atoms with Gasteiger partial charge in [-0.1, -0.05) is 55.1 Å². The molecule has 1 rings (SSSR count). The number of allylic oxidation sites excluding steroid dienone is 2. The van der Waals surface area contributed by atoms with Crippen molar-refractivity contribution < 1.29 is 0 Å². The third-order valence-corrected chi connectivity index (χ3v) is 1.82. The summed E-state index contributed by atoms with van der Waals surface area (Å²) in [4.78, 5) is 0. The van der Waals surface area contributed by atoms with Crippen LogP contribution in [0, 0.1) is 0 Å². The van der Waals surface area contributed by atoms with Gasteiger partial charge in [-0.15, -0.1) is 6.58 Å². The minimum Gasteiger partial charge on any atom is -0.103 e. The van der Waals surface area contributed by atoms with Crippen LogP contribution in [-0.4, -0.2) is 0 Å². The minimum atomic E-state index is 0.908. The van der Waals surface area contributed by atoms with Crippen molar-refractivity contribution in [3.8, 4) is 0 Å². The molecule has 0 atom stereocenters. The van der Waals surface area contributed by atoms with E-state index in [4.69, 9.17) is 0 Å². The first-order valence-electron chi connectivity index (χ1n) is 4.37. The predicted octanol–water partition coefficient (Wildman–Crippen LogP) is 3.92. The molecule has 66 valence electrons. The molecule has 0 radical (unpaired) electrons. The molecule has 1 aromatic rings. The lowest BCUT2D eigenvalue weighted by atomic mass is 10.1. The van der Waals surface area contributed by atoms with Gasteiger partial charge in [0.1, 0.15) is 0 Å². The fraction of sp³-hybridized carbons (Fsp3) is 0.0769. The summed E-state index contributed by atoms with van der Waals surface area (Å²) in [5.74, 6) is 0. The predicted molar refractivity (Wildman–Crippen MR) is 60.4 cm³/mol. The van der Waals surface area contributed by atoms with Crippen LogP contribution in [-0.2, 0) is 0 Å². The van der Waals surface area contributed by atoms with E-state index in [1.807, 2.05) is 24.3 Å². The Labute approximate surface area is 79.9 Å². The SMILES string of the molecule is C=CC/C=C\c1ccccc1C=C. The fourth-order valence-electron chi connectivity index (χ4n) is 1.14. The lowest BCUT2D eigenvalue weighted by Gasteiger charge is -1.98. The highest BCUT2D eigenvalue weighted by atomic mass is 14.0. The van der Waals surface area contributed by atoms with Gasteiger partial charge in [0.05, 0.1) is 0 Å². The van der Waals surface area contributed by atoms with Crippen LogP contribution >= 0.6 is 0 Å². The van der Waals surface area contributed by atoms with E-state index in [1.165, 1.54) is 11.1 Å². The second-order valence-electron chi connectivity index (χ2n) is 2.76. The molecule has 0 spiro atoms. The molecule has 0 bridgehead atoms. The molecule has 1 aromatic carbocycles. The average Bonchev–Trinajstić information content (AvgIpc) is 2.19. The van der Waals surface area contributed by atoms with Gasteiger partial charge in [-0.2, -0.15) is 0 Å². The molecule has 0 nitrogen and oxygen atoms in total. The quantitative estimate of drug-likeness (QED) is 0.601. The van der Waals surface area contributed by atoms with E-state index in [1.54, 1.807) is 0 Å². The molecule has 13 heavy (non-hydrogen) atoms. The van der Waals surface area contributed by atoms with Crippen LogP contribution in [0.25, 0.3) is 12.2 Å². The Morgan fingerprint density at radius 1 is 1.08 bits per heavy atom. The maximum absolute atomic E-state index is 3.77. The monoisotopic (exact) mass is 170 g/mol. The van der Waals surface area contributed by atoms with Crippen molar-refractivity contribution in [2.45, 2.75) is 6.42 Å². The van der Waals surface area contributed by atoms with Crippen LogP contribution in [0.4, 0.5) is 0 Å². The molecule has 0 amide bonds. The van der Waals surface area contributed by atoms with Gasteiger partial charge < -0.3 is 0 Å². The zero-order valence-corrected chi connectivity index (χ0v) is 7.74. The topological polar surface area (TPSA) is 0 Å². The van der Waals surface area contributed by atoms with Crippen molar-refractivity contribution in [1.29, 1.82) is 0 Å². The smallest absolute Gasteiger partial charge is 0.0169 e. The van der Waals surface area contributed by atoms with Crippen LogP contribution in [0.2, 0.25) is 0 Å². The second-order valence-corrected chi connectivity index (χ2v) is 2.76. The Balaban J connectivity index is 2.86.